The molecule has 0 atom stereocenters. The van der Waals surface area contributed by atoms with Crippen molar-refractivity contribution in [3.63, 3.8) is 0 Å². The van der Waals surface area contributed by atoms with Gasteiger partial charge in [0, 0.05) is 31.6 Å². The van der Waals surface area contributed by atoms with E-state index >= 15 is 0 Å². The maximum absolute atomic E-state index is 11.3. The standard InChI is InChI=1S/C15H25N3O/c1-11-10-18(16-14(11)15(3,4)5)13-6-8-17(9-7-13)12(2)19/h10,13H,6-9H2,1-5H3. The Labute approximate surface area is 115 Å². The molecule has 0 saturated carbocycles. The molecule has 0 aliphatic carbocycles. The third kappa shape index (κ3) is 2.99. The average molecular weight is 263 g/mol. The molecule has 19 heavy (non-hydrogen) atoms. The third-order valence-corrected chi connectivity index (χ3v) is 3.91. The molecule has 0 N–H and O–H groups in total. The van der Waals surface area contributed by atoms with E-state index in [9.17, 15) is 4.79 Å². The molecular formula is C15H25N3O. The van der Waals surface area contributed by atoms with Crippen LogP contribution in [0.2, 0.25) is 0 Å². The highest BCUT2D eigenvalue weighted by molar-refractivity contribution is 5.73. The van der Waals surface area contributed by atoms with Crippen LogP contribution in [0.1, 0.15) is 57.8 Å². The topological polar surface area (TPSA) is 38.1 Å². The van der Waals surface area contributed by atoms with E-state index < -0.39 is 0 Å². The number of nitrogens with zero attached hydrogens (tertiary/aromatic N) is 3. The van der Waals surface area contributed by atoms with E-state index in [4.69, 9.17) is 5.10 Å². The van der Waals surface area contributed by atoms with Crippen molar-refractivity contribution in [3.05, 3.63) is 17.5 Å². The molecule has 0 spiro atoms. The van der Waals surface area contributed by atoms with Gasteiger partial charge in [-0.05, 0) is 25.3 Å². The predicted molar refractivity (Wildman–Crippen MR) is 76.2 cm³/mol. The first-order chi connectivity index (χ1) is 8.79. The van der Waals surface area contributed by atoms with Gasteiger partial charge in [-0.25, -0.2) is 0 Å². The van der Waals surface area contributed by atoms with Gasteiger partial charge < -0.3 is 4.90 Å². The molecular weight excluding hydrogens is 238 g/mol. The summed E-state index contributed by atoms with van der Waals surface area (Å²) in [5.74, 6) is 0.186. The van der Waals surface area contributed by atoms with Crippen LogP contribution in [-0.4, -0.2) is 33.7 Å². The number of rotatable bonds is 1. The fourth-order valence-electron chi connectivity index (χ4n) is 2.86. The molecule has 1 aromatic heterocycles. The third-order valence-electron chi connectivity index (χ3n) is 3.91. The Morgan fingerprint density at radius 1 is 1.32 bits per heavy atom. The molecule has 0 radical (unpaired) electrons. The largest absolute Gasteiger partial charge is 0.343 e. The Hall–Kier alpha value is -1.32. The van der Waals surface area contributed by atoms with E-state index in [0.717, 1.165) is 25.9 Å². The fraction of sp³-hybridized carbons (Fsp3) is 0.733. The molecule has 4 nitrogen and oxygen atoms in total. The quantitative estimate of drug-likeness (QED) is 0.781. The molecule has 2 heterocycles. The molecule has 1 aliphatic rings. The second kappa shape index (κ2) is 4.99. The smallest absolute Gasteiger partial charge is 0.219 e. The Balaban J connectivity index is 2.10. The van der Waals surface area contributed by atoms with Gasteiger partial charge in [0.05, 0.1) is 11.7 Å². The van der Waals surface area contributed by atoms with Crippen molar-refractivity contribution >= 4 is 5.91 Å². The lowest BCUT2D eigenvalue weighted by atomic mass is 9.90. The second-order valence-electron chi connectivity index (χ2n) is 6.63. The average Bonchev–Trinajstić information content (AvgIpc) is 2.71. The van der Waals surface area contributed by atoms with E-state index in [1.807, 2.05) is 4.90 Å². The maximum Gasteiger partial charge on any atom is 0.219 e. The lowest BCUT2D eigenvalue weighted by Gasteiger charge is -2.31. The van der Waals surface area contributed by atoms with Crippen LogP contribution in [0, 0.1) is 6.92 Å². The first-order valence-corrected chi connectivity index (χ1v) is 7.11. The van der Waals surface area contributed by atoms with E-state index in [2.05, 4.69) is 38.6 Å². The van der Waals surface area contributed by atoms with Gasteiger partial charge in [0.2, 0.25) is 5.91 Å². The van der Waals surface area contributed by atoms with Crippen LogP contribution in [0.15, 0.2) is 6.20 Å². The van der Waals surface area contributed by atoms with Gasteiger partial charge in [-0.15, -0.1) is 0 Å². The molecule has 0 unspecified atom stereocenters. The van der Waals surface area contributed by atoms with E-state index in [1.54, 1.807) is 6.92 Å². The van der Waals surface area contributed by atoms with Gasteiger partial charge in [0.1, 0.15) is 0 Å². The number of carbonyl (C=O) groups is 1. The minimum absolute atomic E-state index is 0.0927. The number of aryl methyl sites for hydroxylation is 1. The summed E-state index contributed by atoms with van der Waals surface area (Å²) in [5, 5.41) is 4.79. The number of likely N-dealkylation sites (tertiary alicyclic amines) is 1. The summed E-state index contributed by atoms with van der Waals surface area (Å²) in [6.07, 6.45) is 4.17. The lowest BCUT2D eigenvalue weighted by Crippen LogP contribution is -2.37. The second-order valence-corrected chi connectivity index (χ2v) is 6.63. The van der Waals surface area contributed by atoms with Crippen LogP contribution in [0.5, 0.6) is 0 Å². The van der Waals surface area contributed by atoms with Gasteiger partial charge in [0.15, 0.2) is 0 Å². The summed E-state index contributed by atoms with van der Waals surface area (Å²) in [5.41, 5.74) is 2.54. The molecule has 1 amide bonds. The fourth-order valence-corrected chi connectivity index (χ4v) is 2.86. The number of carbonyl (C=O) groups excluding carboxylic acids is 1. The highest BCUT2D eigenvalue weighted by Gasteiger charge is 2.25. The first kappa shape index (κ1) is 14.1. The normalized spacial score (nSPS) is 17.8. The Morgan fingerprint density at radius 3 is 2.32 bits per heavy atom. The Kier molecular flexibility index (Phi) is 3.70. The molecule has 4 heteroatoms. The SMILES string of the molecule is CC(=O)N1CCC(n2cc(C)c(C(C)(C)C)n2)CC1. The molecule has 2 rings (SSSR count). The van der Waals surface area contributed by atoms with Crippen molar-refractivity contribution in [2.75, 3.05) is 13.1 Å². The Morgan fingerprint density at radius 2 is 1.89 bits per heavy atom. The van der Waals surface area contributed by atoms with Crippen molar-refractivity contribution in [2.45, 2.75) is 58.9 Å². The first-order valence-electron chi connectivity index (χ1n) is 7.11. The van der Waals surface area contributed by atoms with E-state index in [0.29, 0.717) is 6.04 Å². The van der Waals surface area contributed by atoms with Gasteiger partial charge in [-0.3, -0.25) is 9.48 Å². The van der Waals surface area contributed by atoms with Crippen LogP contribution >= 0.6 is 0 Å². The number of aromatic nitrogens is 2. The minimum Gasteiger partial charge on any atom is -0.343 e. The van der Waals surface area contributed by atoms with E-state index in [-0.39, 0.29) is 11.3 Å². The van der Waals surface area contributed by atoms with Gasteiger partial charge in [-0.1, -0.05) is 20.8 Å². The maximum atomic E-state index is 11.3. The monoisotopic (exact) mass is 263 g/mol. The van der Waals surface area contributed by atoms with Crippen LogP contribution in [0.25, 0.3) is 0 Å². The summed E-state index contributed by atoms with van der Waals surface area (Å²) >= 11 is 0. The highest BCUT2D eigenvalue weighted by Crippen LogP contribution is 2.28. The lowest BCUT2D eigenvalue weighted by molar-refractivity contribution is -0.130. The molecule has 1 saturated heterocycles. The van der Waals surface area contributed by atoms with Crippen LogP contribution in [0.4, 0.5) is 0 Å². The molecule has 106 valence electrons. The van der Waals surface area contributed by atoms with Gasteiger partial charge >= 0.3 is 0 Å². The zero-order valence-electron chi connectivity index (χ0n) is 12.7. The molecule has 0 aromatic carbocycles. The van der Waals surface area contributed by atoms with Crippen molar-refractivity contribution < 1.29 is 4.79 Å². The predicted octanol–water partition coefficient (Wildman–Crippen LogP) is 2.67. The summed E-state index contributed by atoms with van der Waals surface area (Å²) in [7, 11) is 0. The number of hydrogen-bond donors (Lipinski definition) is 0. The van der Waals surface area contributed by atoms with Crippen molar-refractivity contribution in [2.24, 2.45) is 0 Å². The van der Waals surface area contributed by atoms with Crippen molar-refractivity contribution in [3.8, 4) is 0 Å². The zero-order chi connectivity index (χ0) is 14.2. The van der Waals surface area contributed by atoms with Crippen LogP contribution in [0.3, 0.4) is 0 Å². The molecule has 1 aliphatic heterocycles. The summed E-state index contributed by atoms with van der Waals surface area (Å²) in [6.45, 7) is 12.1. The van der Waals surface area contributed by atoms with Crippen LogP contribution < -0.4 is 0 Å². The van der Waals surface area contributed by atoms with Gasteiger partial charge in [0.25, 0.3) is 0 Å². The number of hydrogen-bond acceptors (Lipinski definition) is 2. The number of piperidine rings is 1. The zero-order valence-corrected chi connectivity index (χ0v) is 12.7. The van der Waals surface area contributed by atoms with E-state index in [1.165, 1.54) is 11.3 Å². The molecule has 1 fully saturated rings. The van der Waals surface area contributed by atoms with Crippen molar-refractivity contribution in [1.82, 2.24) is 14.7 Å². The van der Waals surface area contributed by atoms with Crippen molar-refractivity contribution in [1.29, 1.82) is 0 Å². The molecule has 0 bridgehead atoms. The summed E-state index contributed by atoms with van der Waals surface area (Å²) < 4.78 is 2.12. The minimum atomic E-state index is 0.0927. The number of amides is 1. The summed E-state index contributed by atoms with van der Waals surface area (Å²) in [4.78, 5) is 13.3. The Bertz CT molecular complexity index is 462. The van der Waals surface area contributed by atoms with Gasteiger partial charge in [-0.2, -0.15) is 5.10 Å². The summed E-state index contributed by atoms with van der Waals surface area (Å²) in [6, 6.07) is 0.436. The van der Waals surface area contributed by atoms with Crippen LogP contribution in [-0.2, 0) is 10.2 Å². The highest BCUT2D eigenvalue weighted by atomic mass is 16.2. The molecule has 1 aromatic rings.